The number of methoxy groups -OCH3 is 1. The number of hydrogen-bond acceptors (Lipinski definition) is 12. The Balaban J connectivity index is 1.00. The van der Waals surface area contributed by atoms with Gasteiger partial charge < -0.3 is 19.0 Å². The molecule has 2 aromatic heterocycles. The van der Waals surface area contributed by atoms with Crippen molar-refractivity contribution < 1.29 is 41.0 Å². The normalized spacial score (nSPS) is 21.5. The third kappa shape index (κ3) is 7.39. The fourth-order valence-electron chi connectivity index (χ4n) is 8.94. The van der Waals surface area contributed by atoms with Gasteiger partial charge in [0, 0.05) is 48.9 Å². The number of nitrogens with one attached hydrogen (secondary N) is 1. The van der Waals surface area contributed by atoms with Gasteiger partial charge in [-0.3, -0.25) is 24.3 Å². The van der Waals surface area contributed by atoms with Gasteiger partial charge in [0.2, 0.25) is 27.7 Å². The third-order valence-electron chi connectivity index (χ3n) is 12.6. The molecule has 60 heavy (non-hydrogen) atoms. The monoisotopic (exact) mass is 862 g/mol. The molecule has 2 N–H and O–H groups in total. The van der Waals surface area contributed by atoms with Crippen LogP contribution in [0.4, 0.5) is 8.78 Å². The molecule has 2 saturated heterocycles. The lowest BCUT2D eigenvalue weighted by atomic mass is 9.94. The lowest BCUT2D eigenvalue weighted by Crippen LogP contribution is -2.42. The summed E-state index contributed by atoms with van der Waals surface area (Å²) in [5.74, 6) is -0.577. The Kier molecular flexibility index (Phi) is 10.6. The van der Waals surface area contributed by atoms with E-state index in [-0.39, 0.29) is 29.4 Å². The zero-order valence-corrected chi connectivity index (χ0v) is 35.0. The predicted octanol–water partition coefficient (Wildman–Crippen LogP) is 7.06. The van der Waals surface area contributed by atoms with E-state index < -0.39 is 33.2 Å². The van der Waals surface area contributed by atoms with Gasteiger partial charge in [-0.05, 0) is 87.7 Å². The number of aliphatic hydroxyl groups is 1. The molecular formula is C43H45ClF2N6O7S. The van der Waals surface area contributed by atoms with Crippen molar-refractivity contribution in [3.05, 3.63) is 76.1 Å². The average molecular weight is 863 g/mol. The van der Waals surface area contributed by atoms with Crippen LogP contribution in [0.25, 0.3) is 44.9 Å². The van der Waals surface area contributed by atoms with Crippen molar-refractivity contribution in [2.75, 3.05) is 33.3 Å². The van der Waals surface area contributed by atoms with Crippen molar-refractivity contribution in [2.45, 2.75) is 82.4 Å². The van der Waals surface area contributed by atoms with Gasteiger partial charge in [-0.2, -0.15) is 8.78 Å². The lowest BCUT2D eigenvalue weighted by Gasteiger charge is -2.25. The SMILES string of the molecule is COc1nc(-c2cccc(-c3cccc(-c4nc5cc6c(c(OC(F)F)c5o4)CC[C@H]6N4CC[C@@H](C(=O)NS(=O)(=O)C5(C)CC5)C4)c3Cl)c2C)cnc1CN1CC[C@@H](O)C1. The number of sulfonamides is 1. The minimum atomic E-state index is -3.77. The molecular weight excluding hydrogens is 818 g/mol. The quantitative estimate of drug-likeness (QED) is 0.132. The number of oxazole rings is 1. The summed E-state index contributed by atoms with van der Waals surface area (Å²) < 4.78 is 72.0. The standard InChI is InChI=1S/C43H45ClF2N6O7S/c1-23-26(6-4-7-27(23)33-19-47-34(41(49-33)57-3)22-51-16-13-25(53)21-51)28-8-5-9-30(36(28)44)40-48-32-18-31-29(37(38(32)58-40)59-42(45)46)10-11-35(31)52-17-12-24(20-52)39(54)50-60(55,56)43(2)14-15-43/h4-9,18-19,24-25,35,42,53H,10-17,20-22H2,1-3H3,(H,50,54)/t24-,25-,35-/m1/s1. The fraction of sp³-hybridized carbons (Fsp3) is 0.442. The molecule has 5 aromatic rings. The molecule has 13 nitrogen and oxygen atoms in total. The summed E-state index contributed by atoms with van der Waals surface area (Å²) in [7, 11) is -2.21. The molecule has 3 fully saturated rings. The van der Waals surface area contributed by atoms with Crippen molar-refractivity contribution in [3.8, 4) is 45.5 Å². The van der Waals surface area contributed by atoms with Gasteiger partial charge in [-0.25, -0.2) is 18.4 Å². The maximum absolute atomic E-state index is 14.0. The number of β-amino-alcohol motifs (C(OH)–C–C–N with tert-alkyl or cyclic N) is 1. The van der Waals surface area contributed by atoms with Gasteiger partial charge in [-0.1, -0.05) is 41.9 Å². The number of aliphatic hydroxyl groups excluding tert-OH is 1. The van der Waals surface area contributed by atoms with Gasteiger partial charge in [0.1, 0.15) is 11.2 Å². The molecule has 9 rings (SSSR count). The molecule has 3 atom stereocenters. The Morgan fingerprint density at radius 3 is 2.53 bits per heavy atom. The number of hydrogen-bond donors (Lipinski definition) is 2. The highest BCUT2D eigenvalue weighted by Gasteiger charge is 2.51. The summed E-state index contributed by atoms with van der Waals surface area (Å²) in [5, 5.41) is 10.3. The van der Waals surface area contributed by atoms with Gasteiger partial charge in [0.05, 0.1) is 46.4 Å². The molecule has 4 aliphatic rings. The molecule has 17 heteroatoms. The first-order valence-corrected chi connectivity index (χ1v) is 22.0. The van der Waals surface area contributed by atoms with Crippen LogP contribution >= 0.6 is 11.6 Å². The van der Waals surface area contributed by atoms with E-state index in [1.807, 2.05) is 43.3 Å². The highest BCUT2D eigenvalue weighted by molar-refractivity contribution is 7.91. The Morgan fingerprint density at radius 1 is 1.07 bits per heavy atom. The molecule has 1 saturated carbocycles. The molecule has 0 unspecified atom stereocenters. The number of nitrogens with zero attached hydrogens (tertiary/aromatic N) is 5. The van der Waals surface area contributed by atoms with E-state index in [2.05, 4.69) is 14.5 Å². The van der Waals surface area contributed by atoms with Crippen LogP contribution in [0, 0.1) is 12.8 Å². The van der Waals surface area contributed by atoms with E-state index in [1.165, 1.54) is 0 Å². The summed E-state index contributed by atoms with van der Waals surface area (Å²) in [6.45, 7) is 3.20. The summed E-state index contributed by atoms with van der Waals surface area (Å²) in [4.78, 5) is 31.6. The summed E-state index contributed by atoms with van der Waals surface area (Å²) in [6, 6.07) is 12.9. The van der Waals surface area contributed by atoms with Gasteiger partial charge >= 0.3 is 6.61 Å². The van der Waals surface area contributed by atoms with Gasteiger partial charge in [0.25, 0.3) is 0 Å². The van der Waals surface area contributed by atoms with E-state index in [9.17, 15) is 27.1 Å². The molecule has 2 aliphatic heterocycles. The second-order valence-corrected chi connectivity index (χ2v) is 19.1. The van der Waals surface area contributed by atoms with Crippen LogP contribution in [0.1, 0.15) is 67.5 Å². The maximum Gasteiger partial charge on any atom is 0.387 e. The number of ether oxygens (including phenoxy) is 2. The Morgan fingerprint density at radius 2 is 1.82 bits per heavy atom. The van der Waals surface area contributed by atoms with Crippen LogP contribution in [-0.4, -0.2) is 94.9 Å². The zero-order chi connectivity index (χ0) is 42.1. The van der Waals surface area contributed by atoms with Crippen LogP contribution in [0.5, 0.6) is 11.6 Å². The Bertz CT molecular complexity index is 2620. The first-order chi connectivity index (χ1) is 28.7. The van der Waals surface area contributed by atoms with Crippen molar-refractivity contribution in [1.82, 2.24) is 29.5 Å². The molecule has 0 radical (unpaired) electrons. The Labute approximate surface area is 351 Å². The first-order valence-electron chi connectivity index (χ1n) is 20.1. The number of alkyl halides is 2. The van der Waals surface area contributed by atoms with Crippen LogP contribution in [-0.2, 0) is 27.8 Å². The minimum absolute atomic E-state index is 0.0765. The lowest BCUT2D eigenvalue weighted by molar-refractivity contribution is -0.122. The Hall–Kier alpha value is -4.74. The molecule has 1 amide bonds. The molecule has 0 bridgehead atoms. The number of likely N-dealkylation sites (tertiary alicyclic amines) is 2. The largest absolute Gasteiger partial charge is 0.480 e. The maximum atomic E-state index is 14.0. The summed E-state index contributed by atoms with van der Waals surface area (Å²) in [6.07, 6.45) is 4.62. The van der Waals surface area contributed by atoms with Crippen molar-refractivity contribution in [2.24, 2.45) is 5.92 Å². The van der Waals surface area contributed by atoms with E-state index in [0.717, 1.165) is 28.8 Å². The number of fused-ring (bicyclic) bond motifs is 2. The predicted molar refractivity (Wildman–Crippen MR) is 220 cm³/mol. The molecule has 316 valence electrons. The highest BCUT2D eigenvalue weighted by atomic mass is 35.5. The van der Waals surface area contributed by atoms with Crippen molar-refractivity contribution >= 4 is 38.6 Å². The molecule has 0 spiro atoms. The van der Waals surface area contributed by atoms with E-state index in [1.54, 1.807) is 26.3 Å². The molecule has 4 heterocycles. The smallest absolute Gasteiger partial charge is 0.387 e. The van der Waals surface area contributed by atoms with Crippen LogP contribution in [0.3, 0.4) is 0 Å². The summed E-state index contributed by atoms with van der Waals surface area (Å²) >= 11 is 7.18. The molecule has 2 aliphatic carbocycles. The van der Waals surface area contributed by atoms with Gasteiger partial charge in [-0.15, -0.1) is 0 Å². The fourth-order valence-corrected chi connectivity index (χ4v) is 10.6. The first kappa shape index (κ1) is 40.7. The average Bonchev–Trinajstić information content (AvgIpc) is 3.68. The highest BCUT2D eigenvalue weighted by Crippen LogP contribution is 2.48. The van der Waals surface area contributed by atoms with E-state index in [0.29, 0.717) is 109 Å². The number of amides is 1. The minimum Gasteiger partial charge on any atom is -0.480 e. The van der Waals surface area contributed by atoms with Crippen LogP contribution < -0.4 is 14.2 Å². The topological polar surface area (TPSA) is 160 Å². The van der Waals surface area contributed by atoms with Crippen LogP contribution in [0.15, 0.2) is 53.1 Å². The number of carbonyl (C=O) groups is 1. The number of halogens is 3. The van der Waals surface area contributed by atoms with E-state index in [4.69, 9.17) is 40.4 Å². The molecule has 3 aromatic carbocycles. The second-order valence-electron chi connectivity index (χ2n) is 16.5. The summed E-state index contributed by atoms with van der Waals surface area (Å²) in [5.41, 5.74) is 6.73. The third-order valence-corrected chi connectivity index (χ3v) is 15.2. The second kappa shape index (κ2) is 15.6. The van der Waals surface area contributed by atoms with Crippen LogP contribution in [0.2, 0.25) is 5.02 Å². The van der Waals surface area contributed by atoms with Gasteiger partial charge in [0.15, 0.2) is 11.3 Å². The number of aromatic nitrogens is 3. The van der Waals surface area contributed by atoms with E-state index >= 15 is 0 Å². The number of benzene rings is 3. The van der Waals surface area contributed by atoms with Crippen molar-refractivity contribution in [1.29, 1.82) is 0 Å². The number of carbonyl (C=O) groups excluding carboxylic acids is 1. The zero-order valence-electron chi connectivity index (χ0n) is 33.4. The number of rotatable bonds is 12. The van der Waals surface area contributed by atoms with Crippen molar-refractivity contribution in [3.63, 3.8) is 0 Å².